The van der Waals surface area contributed by atoms with Gasteiger partial charge in [-0.3, -0.25) is 9.79 Å². The summed E-state index contributed by atoms with van der Waals surface area (Å²) < 4.78 is 13.1. The van der Waals surface area contributed by atoms with Gasteiger partial charge in [-0.25, -0.2) is 4.39 Å². The quantitative estimate of drug-likeness (QED) is 0.617. The number of nitrogens with zero attached hydrogens (tertiary/aromatic N) is 3. The number of aliphatic imine (C=N–C) groups is 1. The van der Waals surface area contributed by atoms with Gasteiger partial charge in [0.2, 0.25) is 5.91 Å². The number of piperazine rings is 1. The summed E-state index contributed by atoms with van der Waals surface area (Å²) in [5.74, 6) is 0.606. The van der Waals surface area contributed by atoms with E-state index in [1.165, 1.54) is 12.1 Å². The van der Waals surface area contributed by atoms with Crippen LogP contribution in [-0.4, -0.2) is 63.1 Å². The fourth-order valence-electron chi connectivity index (χ4n) is 2.94. The highest BCUT2D eigenvalue weighted by atomic mass is 19.1. The van der Waals surface area contributed by atoms with Crippen LogP contribution in [0.4, 0.5) is 10.1 Å². The molecule has 0 saturated carbocycles. The van der Waals surface area contributed by atoms with E-state index >= 15 is 0 Å². The van der Waals surface area contributed by atoms with E-state index < -0.39 is 5.41 Å². The molecule has 0 atom stereocenters. The molecule has 0 spiro atoms. The first-order valence-electron chi connectivity index (χ1n) is 9.13. The lowest BCUT2D eigenvalue weighted by Gasteiger charge is -2.38. The Morgan fingerprint density at radius 3 is 2.35 bits per heavy atom. The topological polar surface area (TPSA) is 60.0 Å². The van der Waals surface area contributed by atoms with E-state index in [-0.39, 0.29) is 11.7 Å². The maximum atomic E-state index is 13.1. The van der Waals surface area contributed by atoms with E-state index in [1.54, 1.807) is 7.05 Å². The Morgan fingerprint density at radius 1 is 1.19 bits per heavy atom. The molecule has 1 aliphatic heterocycles. The van der Waals surface area contributed by atoms with Crippen molar-refractivity contribution in [1.82, 2.24) is 15.5 Å². The van der Waals surface area contributed by atoms with Gasteiger partial charge < -0.3 is 20.4 Å². The van der Waals surface area contributed by atoms with Gasteiger partial charge >= 0.3 is 0 Å². The average molecular weight is 363 g/mol. The molecule has 2 rings (SSSR count). The van der Waals surface area contributed by atoms with Crippen molar-refractivity contribution in [3.63, 3.8) is 0 Å². The molecule has 1 heterocycles. The molecule has 1 aromatic rings. The number of hydrogen-bond donors (Lipinski definition) is 2. The first-order valence-corrected chi connectivity index (χ1v) is 9.13. The van der Waals surface area contributed by atoms with Crippen molar-refractivity contribution in [3.8, 4) is 0 Å². The fraction of sp³-hybridized carbons (Fsp3) is 0.579. The Morgan fingerprint density at radius 2 is 1.81 bits per heavy atom. The summed E-state index contributed by atoms with van der Waals surface area (Å²) in [4.78, 5) is 21.1. The average Bonchev–Trinajstić information content (AvgIpc) is 2.65. The largest absolute Gasteiger partial charge is 0.368 e. The molecule has 6 nitrogen and oxygen atoms in total. The third kappa shape index (κ3) is 5.09. The van der Waals surface area contributed by atoms with Gasteiger partial charge in [0.15, 0.2) is 5.96 Å². The highest BCUT2D eigenvalue weighted by Crippen LogP contribution is 2.18. The monoisotopic (exact) mass is 363 g/mol. The van der Waals surface area contributed by atoms with Crippen LogP contribution in [0.1, 0.15) is 20.8 Å². The lowest BCUT2D eigenvalue weighted by atomic mass is 9.93. The summed E-state index contributed by atoms with van der Waals surface area (Å²) in [7, 11) is 1.65. The van der Waals surface area contributed by atoms with Gasteiger partial charge in [0.05, 0.1) is 12.0 Å². The molecule has 0 bridgehead atoms. The highest BCUT2D eigenvalue weighted by Gasteiger charge is 2.27. The van der Waals surface area contributed by atoms with Crippen LogP contribution in [0.3, 0.4) is 0 Å². The molecule has 144 valence electrons. The van der Waals surface area contributed by atoms with Crippen LogP contribution in [0.2, 0.25) is 0 Å². The summed E-state index contributed by atoms with van der Waals surface area (Å²) in [6.07, 6.45) is 0. The molecule has 0 aromatic heterocycles. The first kappa shape index (κ1) is 20.0. The van der Waals surface area contributed by atoms with Gasteiger partial charge in [0, 0.05) is 45.5 Å². The number of nitrogens with one attached hydrogen (secondary N) is 2. The maximum Gasteiger partial charge on any atom is 0.227 e. The first-order chi connectivity index (χ1) is 12.4. The van der Waals surface area contributed by atoms with Gasteiger partial charge in [0.1, 0.15) is 5.82 Å². The van der Waals surface area contributed by atoms with E-state index in [9.17, 15) is 9.18 Å². The molecule has 7 heteroatoms. The van der Waals surface area contributed by atoms with E-state index in [4.69, 9.17) is 0 Å². The molecular formula is C19H30FN5O. The number of benzene rings is 1. The van der Waals surface area contributed by atoms with Gasteiger partial charge in [0.25, 0.3) is 0 Å². The van der Waals surface area contributed by atoms with E-state index in [2.05, 4.69) is 25.4 Å². The molecule has 0 radical (unpaired) electrons. The minimum absolute atomic E-state index is 0.0155. The molecular weight excluding hydrogens is 333 g/mol. The predicted molar refractivity (Wildman–Crippen MR) is 104 cm³/mol. The highest BCUT2D eigenvalue weighted by molar-refractivity contribution is 5.83. The molecule has 1 fully saturated rings. The molecule has 1 aromatic carbocycles. The molecule has 1 saturated heterocycles. The minimum Gasteiger partial charge on any atom is -0.368 e. The van der Waals surface area contributed by atoms with Crippen LogP contribution in [0.5, 0.6) is 0 Å². The Labute approximate surface area is 155 Å². The Hall–Kier alpha value is -2.31. The van der Waals surface area contributed by atoms with E-state index in [1.807, 2.05) is 32.9 Å². The van der Waals surface area contributed by atoms with Crippen LogP contribution in [0, 0.1) is 11.2 Å². The van der Waals surface area contributed by atoms with Crippen molar-refractivity contribution >= 4 is 17.6 Å². The number of hydrogen-bond acceptors (Lipinski definition) is 3. The second kappa shape index (κ2) is 8.87. The number of carbonyl (C=O) groups is 1. The zero-order valence-electron chi connectivity index (χ0n) is 16.2. The number of rotatable bonds is 5. The summed E-state index contributed by atoms with van der Waals surface area (Å²) in [5.41, 5.74) is 0.486. The van der Waals surface area contributed by atoms with Crippen LogP contribution in [0.25, 0.3) is 0 Å². The molecule has 0 unspecified atom stereocenters. The number of carbonyl (C=O) groups excluding carboxylic acids is 1. The van der Waals surface area contributed by atoms with Gasteiger partial charge in [-0.05, 0) is 45.0 Å². The van der Waals surface area contributed by atoms with Crippen molar-refractivity contribution in [3.05, 3.63) is 30.1 Å². The van der Waals surface area contributed by atoms with Crippen LogP contribution < -0.4 is 15.5 Å². The third-order valence-corrected chi connectivity index (χ3v) is 4.57. The zero-order valence-corrected chi connectivity index (χ0v) is 16.2. The van der Waals surface area contributed by atoms with Crippen LogP contribution >= 0.6 is 0 Å². The lowest BCUT2D eigenvalue weighted by Crippen LogP contribution is -2.53. The zero-order chi connectivity index (χ0) is 19.2. The van der Waals surface area contributed by atoms with Gasteiger partial charge in [-0.15, -0.1) is 0 Å². The smallest absolute Gasteiger partial charge is 0.227 e. The summed E-state index contributed by atoms with van der Waals surface area (Å²) >= 11 is 0. The number of amides is 1. The minimum atomic E-state index is -0.550. The standard InChI is InChI=1S/C19H30FN5O/c1-5-22-18(23-14-19(2,3)17(26)21-4)25-12-10-24(11-13-25)16-8-6-15(20)7-9-16/h6-9H,5,10-14H2,1-4H3,(H,21,26)(H,22,23). The number of guanidine groups is 1. The van der Waals surface area contributed by atoms with Crippen LogP contribution in [0.15, 0.2) is 29.3 Å². The second-order valence-electron chi connectivity index (χ2n) is 7.08. The van der Waals surface area contributed by atoms with Gasteiger partial charge in [-0.1, -0.05) is 0 Å². The molecule has 0 aliphatic carbocycles. The molecule has 2 N–H and O–H groups in total. The normalized spacial score (nSPS) is 15.8. The summed E-state index contributed by atoms with van der Waals surface area (Å²) in [6, 6.07) is 6.62. The Kier molecular flexibility index (Phi) is 6.83. The molecule has 26 heavy (non-hydrogen) atoms. The lowest BCUT2D eigenvalue weighted by molar-refractivity contribution is -0.128. The molecule has 1 amide bonds. The fourth-order valence-corrected chi connectivity index (χ4v) is 2.94. The molecule has 1 aliphatic rings. The maximum absolute atomic E-state index is 13.1. The third-order valence-electron chi connectivity index (χ3n) is 4.57. The van der Waals surface area contributed by atoms with Crippen molar-refractivity contribution in [1.29, 1.82) is 0 Å². The predicted octanol–water partition coefficient (Wildman–Crippen LogP) is 1.69. The summed E-state index contributed by atoms with van der Waals surface area (Å²) in [5, 5.41) is 6.01. The van der Waals surface area contributed by atoms with Crippen molar-refractivity contribution < 1.29 is 9.18 Å². The van der Waals surface area contributed by atoms with Crippen molar-refractivity contribution in [2.45, 2.75) is 20.8 Å². The van der Waals surface area contributed by atoms with E-state index in [0.717, 1.165) is 44.4 Å². The van der Waals surface area contributed by atoms with Crippen molar-refractivity contribution in [2.24, 2.45) is 10.4 Å². The van der Waals surface area contributed by atoms with E-state index in [0.29, 0.717) is 6.54 Å². The Balaban J connectivity index is 2.00. The Bertz CT molecular complexity index is 621. The van der Waals surface area contributed by atoms with Crippen molar-refractivity contribution in [2.75, 3.05) is 51.2 Å². The number of anilines is 1. The van der Waals surface area contributed by atoms with Crippen LogP contribution in [-0.2, 0) is 4.79 Å². The summed E-state index contributed by atoms with van der Waals surface area (Å²) in [6.45, 7) is 10.4. The van der Waals surface area contributed by atoms with Gasteiger partial charge in [-0.2, -0.15) is 0 Å². The number of halogens is 1. The SMILES string of the molecule is CCNC(=NCC(C)(C)C(=O)NC)N1CCN(c2ccc(F)cc2)CC1. The second-order valence-corrected chi connectivity index (χ2v) is 7.08.